The molecule has 25 heavy (non-hydrogen) atoms. The fraction of sp³-hybridized carbons (Fsp3) is 0.273. The summed E-state index contributed by atoms with van der Waals surface area (Å²) < 4.78 is 7.69. The second-order valence-corrected chi connectivity index (χ2v) is 6.68. The highest BCUT2D eigenvalue weighted by Crippen LogP contribution is 2.24. The van der Waals surface area contributed by atoms with E-state index in [-0.39, 0.29) is 0 Å². The van der Waals surface area contributed by atoms with Gasteiger partial charge in [0.1, 0.15) is 0 Å². The van der Waals surface area contributed by atoms with E-state index in [9.17, 15) is 0 Å². The number of morpholine rings is 1. The quantitative estimate of drug-likeness (QED) is 0.709. The highest BCUT2D eigenvalue weighted by Gasteiger charge is 2.12. The number of nitrogens with zero attached hydrogens (tertiary/aromatic N) is 2. The van der Waals surface area contributed by atoms with E-state index in [0.717, 1.165) is 32.8 Å². The van der Waals surface area contributed by atoms with Gasteiger partial charge in [0.25, 0.3) is 0 Å². The Kier molecular flexibility index (Phi) is 4.68. The Balaban J connectivity index is 1.59. The Bertz CT molecular complexity index is 832. The van der Waals surface area contributed by atoms with Crippen molar-refractivity contribution in [1.82, 2.24) is 9.47 Å². The highest BCUT2D eigenvalue weighted by atomic mass is 16.5. The maximum absolute atomic E-state index is 5.45. The molecule has 3 nitrogen and oxygen atoms in total. The van der Waals surface area contributed by atoms with Gasteiger partial charge in [-0.15, -0.1) is 0 Å². The van der Waals surface area contributed by atoms with E-state index in [1.165, 1.54) is 27.9 Å². The van der Waals surface area contributed by atoms with Crippen LogP contribution in [-0.4, -0.2) is 35.8 Å². The minimum absolute atomic E-state index is 0.844. The first-order valence-electron chi connectivity index (χ1n) is 8.93. The maximum atomic E-state index is 5.45. The molecule has 0 saturated carbocycles. The summed E-state index contributed by atoms with van der Waals surface area (Å²) in [6.45, 7) is 6.89. The molecule has 0 unspecified atom stereocenters. The predicted octanol–water partition coefficient (Wildman–Crippen LogP) is 4.28. The molecule has 1 aromatic heterocycles. The molecule has 3 aromatic rings. The lowest BCUT2D eigenvalue weighted by Crippen LogP contribution is -2.35. The van der Waals surface area contributed by atoms with Gasteiger partial charge >= 0.3 is 0 Å². The monoisotopic (exact) mass is 332 g/mol. The molecular formula is C22H24N2O. The molecule has 128 valence electrons. The van der Waals surface area contributed by atoms with Crippen LogP contribution in [0.15, 0.2) is 67.0 Å². The molecular weight excluding hydrogens is 308 g/mol. The smallest absolute Gasteiger partial charge is 0.0594 e. The number of rotatable bonds is 4. The van der Waals surface area contributed by atoms with E-state index in [2.05, 4.69) is 83.4 Å². The summed E-state index contributed by atoms with van der Waals surface area (Å²) in [5, 5.41) is 0. The number of hydrogen-bond donors (Lipinski definition) is 0. The number of aryl methyl sites for hydroxylation is 1. The highest BCUT2D eigenvalue weighted by molar-refractivity contribution is 5.63. The van der Waals surface area contributed by atoms with Crippen LogP contribution in [-0.2, 0) is 11.3 Å². The third kappa shape index (κ3) is 3.68. The Labute approximate surface area is 149 Å². The summed E-state index contributed by atoms with van der Waals surface area (Å²) in [5.74, 6) is 0. The molecule has 0 bridgehead atoms. The van der Waals surface area contributed by atoms with Crippen molar-refractivity contribution in [2.75, 3.05) is 26.3 Å². The van der Waals surface area contributed by atoms with Crippen LogP contribution < -0.4 is 0 Å². The van der Waals surface area contributed by atoms with Gasteiger partial charge in [-0.3, -0.25) is 4.90 Å². The average Bonchev–Trinajstić information content (AvgIpc) is 3.15. The molecule has 0 aliphatic carbocycles. The zero-order valence-corrected chi connectivity index (χ0v) is 14.7. The van der Waals surface area contributed by atoms with Gasteiger partial charge in [0.2, 0.25) is 0 Å². The van der Waals surface area contributed by atoms with Crippen molar-refractivity contribution in [3.8, 4) is 16.8 Å². The Morgan fingerprint density at radius 3 is 2.52 bits per heavy atom. The minimum Gasteiger partial charge on any atom is -0.379 e. The lowest BCUT2D eigenvalue weighted by molar-refractivity contribution is 0.0342. The first-order valence-corrected chi connectivity index (χ1v) is 8.93. The molecule has 0 amide bonds. The van der Waals surface area contributed by atoms with Crippen molar-refractivity contribution in [2.24, 2.45) is 0 Å². The van der Waals surface area contributed by atoms with Gasteiger partial charge in [0.05, 0.1) is 13.2 Å². The number of aromatic nitrogens is 1. The summed E-state index contributed by atoms with van der Waals surface area (Å²) in [7, 11) is 0. The Hall–Kier alpha value is -2.36. The number of benzene rings is 2. The summed E-state index contributed by atoms with van der Waals surface area (Å²) in [5.41, 5.74) is 6.41. The zero-order chi connectivity index (χ0) is 17.1. The predicted molar refractivity (Wildman–Crippen MR) is 102 cm³/mol. The van der Waals surface area contributed by atoms with Gasteiger partial charge in [0, 0.05) is 37.7 Å². The molecule has 1 saturated heterocycles. The van der Waals surface area contributed by atoms with Crippen molar-refractivity contribution < 1.29 is 4.74 Å². The van der Waals surface area contributed by atoms with E-state index >= 15 is 0 Å². The van der Waals surface area contributed by atoms with Gasteiger partial charge in [-0.25, -0.2) is 0 Å². The molecule has 0 spiro atoms. The average molecular weight is 332 g/mol. The Morgan fingerprint density at radius 2 is 1.72 bits per heavy atom. The van der Waals surface area contributed by atoms with Crippen molar-refractivity contribution in [2.45, 2.75) is 13.5 Å². The van der Waals surface area contributed by atoms with Gasteiger partial charge in [0.15, 0.2) is 0 Å². The van der Waals surface area contributed by atoms with Gasteiger partial charge in [-0.05, 0) is 41.3 Å². The fourth-order valence-corrected chi connectivity index (χ4v) is 3.40. The van der Waals surface area contributed by atoms with Gasteiger partial charge in [-0.2, -0.15) is 0 Å². The third-order valence-electron chi connectivity index (χ3n) is 4.86. The second kappa shape index (κ2) is 7.26. The molecule has 0 radical (unpaired) electrons. The molecule has 0 N–H and O–H groups in total. The van der Waals surface area contributed by atoms with Gasteiger partial charge in [-0.1, -0.05) is 42.5 Å². The first kappa shape index (κ1) is 16.1. The minimum atomic E-state index is 0.844. The summed E-state index contributed by atoms with van der Waals surface area (Å²) in [6, 6.07) is 19.5. The topological polar surface area (TPSA) is 17.4 Å². The van der Waals surface area contributed by atoms with Crippen LogP contribution in [0.1, 0.15) is 11.1 Å². The maximum Gasteiger partial charge on any atom is 0.0594 e. The molecule has 4 rings (SSSR count). The third-order valence-corrected chi connectivity index (χ3v) is 4.86. The SMILES string of the molecule is Cc1ccc(CN2CCOCC2)cc1-n1ccc(-c2ccccc2)c1. The second-order valence-electron chi connectivity index (χ2n) is 6.68. The largest absolute Gasteiger partial charge is 0.379 e. The van der Waals surface area contributed by atoms with E-state index in [1.807, 2.05) is 0 Å². The molecule has 1 aliphatic heterocycles. The van der Waals surface area contributed by atoms with E-state index in [0.29, 0.717) is 0 Å². The fourth-order valence-electron chi connectivity index (χ4n) is 3.40. The van der Waals surface area contributed by atoms with Crippen LogP contribution in [0.25, 0.3) is 16.8 Å². The zero-order valence-electron chi connectivity index (χ0n) is 14.7. The van der Waals surface area contributed by atoms with Crippen LogP contribution in [0.5, 0.6) is 0 Å². The van der Waals surface area contributed by atoms with Gasteiger partial charge < -0.3 is 9.30 Å². The van der Waals surface area contributed by atoms with Crippen LogP contribution in [0.2, 0.25) is 0 Å². The van der Waals surface area contributed by atoms with Crippen molar-refractivity contribution >= 4 is 0 Å². The van der Waals surface area contributed by atoms with Crippen molar-refractivity contribution in [3.63, 3.8) is 0 Å². The normalized spacial score (nSPS) is 15.4. The molecule has 3 heteroatoms. The summed E-state index contributed by atoms with van der Waals surface area (Å²) in [4.78, 5) is 2.46. The van der Waals surface area contributed by atoms with Crippen LogP contribution in [0.3, 0.4) is 0 Å². The lowest BCUT2D eigenvalue weighted by atomic mass is 10.1. The van der Waals surface area contributed by atoms with Crippen molar-refractivity contribution in [1.29, 1.82) is 0 Å². The van der Waals surface area contributed by atoms with Crippen LogP contribution in [0.4, 0.5) is 0 Å². The van der Waals surface area contributed by atoms with Crippen LogP contribution >= 0.6 is 0 Å². The van der Waals surface area contributed by atoms with E-state index in [4.69, 9.17) is 4.74 Å². The molecule has 2 aromatic carbocycles. The molecule has 2 heterocycles. The standard InChI is InChI=1S/C22H24N2O/c1-18-7-8-19(16-23-11-13-25-14-12-23)15-22(18)24-10-9-21(17-24)20-5-3-2-4-6-20/h2-10,15,17H,11-14,16H2,1H3. The number of ether oxygens (including phenoxy) is 1. The van der Waals surface area contributed by atoms with E-state index < -0.39 is 0 Å². The first-order chi connectivity index (χ1) is 12.3. The van der Waals surface area contributed by atoms with Crippen LogP contribution in [0, 0.1) is 6.92 Å². The van der Waals surface area contributed by atoms with Crippen molar-refractivity contribution in [3.05, 3.63) is 78.1 Å². The lowest BCUT2D eigenvalue weighted by Gasteiger charge is -2.26. The number of hydrogen-bond acceptors (Lipinski definition) is 2. The molecule has 1 aliphatic rings. The summed E-state index contributed by atoms with van der Waals surface area (Å²) in [6.07, 6.45) is 4.37. The molecule has 0 atom stereocenters. The van der Waals surface area contributed by atoms with E-state index in [1.54, 1.807) is 0 Å². The Morgan fingerprint density at radius 1 is 0.920 bits per heavy atom. The molecule has 1 fully saturated rings. The summed E-state index contributed by atoms with van der Waals surface area (Å²) >= 11 is 0.